The first kappa shape index (κ1) is 20.5. The first-order chi connectivity index (χ1) is 12.9. The van der Waals surface area contributed by atoms with E-state index in [1.165, 1.54) is 30.7 Å². The molecule has 1 unspecified atom stereocenters. The van der Waals surface area contributed by atoms with E-state index >= 15 is 0 Å². The number of hydrogen-bond donors (Lipinski definition) is 3. The summed E-state index contributed by atoms with van der Waals surface area (Å²) in [4.78, 5) is 28.5. The van der Waals surface area contributed by atoms with Gasteiger partial charge in [-0.15, -0.1) is 9.60 Å². The molecule has 1 amide bonds. The van der Waals surface area contributed by atoms with E-state index in [4.69, 9.17) is 0 Å². The normalized spacial score (nSPS) is 16.9. The third kappa shape index (κ3) is 6.14. The fourth-order valence-corrected chi connectivity index (χ4v) is 2.49. The molecule has 1 aliphatic rings. The number of carbonyl (C=O) groups is 1. The Morgan fingerprint density at radius 2 is 2.07 bits per heavy atom. The van der Waals surface area contributed by atoms with Gasteiger partial charge in [-0.2, -0.15) is 0 Å². The van der Waals surface area contributed by atoms with E-state index in [2.05, 4.69) is 15.3 Å². The largest absolute Gasteiger partial charge is 0.501 e. The number of nitrogens with zero attached hydrogens (tertiary/aromatic N) is 2. The first-order valence-corrected chi connectivity index (χ1v) is 8.60. The van der Waals surface area contributed by atoms with E-state index in [0.29, 0.717) is 12.1 Å². The number of benzene rings is 1. The number of halogens is 2. The van der Waals surface area contributed by atoms with Crippen molar-refractivity contribution in [2.45, 2.75) is 38.8 Å². The molecule has 1 aromatic heterocycles. The molecule has 0 aliphatic carbocycles. The maximum atomic E-state index is 12.7. The molecule has 0 radical (unpaired) electrons. The van der Waals surface area contributed by atoms with Crippen LogP contribution in [-0.2, 0) is 6.54 Å². The number of carbonyl (C=O) groups excluding carboxylic acids is 1. The van der Waals surface area contributed by atoms with E-state index in [-0.39, 0.29) is 24.1 Å². The monoisotopic (exact) mass is 380 g/mol. The highest BCUT2D eigenvalue weighted by molar-refractivity contribution is 5.94. The van der Waals surface area contributed by atoms with Crippen LogP contribution in [0.5, 0.6) is 5.75 Å². The minimum absolute atomic E-state index is 0.132. The quantitative estimate of drug-likeness (QED) is 0.710. The Morgan fingerprint density at radius 1 is 1.37 bits per heavy atom. The summed E-state index contributed by atoms with van der Waals surface area (Å²) < 4.78 is 25.1. The van der Waals surface area contributed by atoms with Crippen LogP contribution in [0.1, 0.15) is 42.2 Å². The van der Waals surface area contributed by atoms with Gasteiger partial charge in [0.2, 0.25) is 5.75 Å². The van der Waals surface area contributed by atoms with Gasteiger partial charge in [-0.3, -0.25) is 9.59 Å². The lowest BCUT2D eigenvalue weighted by atomic mass is 10.1. The highest BCUT2D eigenvalue weighted by atomic mass is 19.2. The zero-order valence-corrected chi connectivity index (χ0v) is 14.9. The Hall–Kier alpha value is -2.81. The lowest BCUT2D eigenvalue weighted by Crippen LogP contribution is -2.30. The molecule has 1 aromatic carbocycles. The summed E-state index contributed by atoms with van der Waals surface area (Å²) in [5.41, 5.74) is -0.466. The summed E-state index contributed by atoms with van der Waals surface area (Å²) in [5.74, 6) is -1.80. The molecule has 146 valence electrons. The number of aromatic hydroxyl groups is 1. The number of H-pyrrole nitrogens is 1. The predicted molar refractivity (Wildman–Crippen MR) is 95.2 cm³/mol. The molecule has 0 spiro atoms. The molecule has 27 heavy (non-hydrogen) atoms. The fourth-order valence-electron chi connectivity index (χ4n) is 2.49. The fraction of sp³-hybridized carbons (Fsp3) is 0.389. The lowest BCUT2D eigenvalue weighted by molar-refractivity contribution is -0.0366. The van der Waals surface area contributed by atoms with Crippen molar-refractivity contribution in [3.63, 3.8) is 0 Å². The molecule has 1 atom stereocenters. The molecule has 7 nitrogen and oxygen atoms in total. The Kier molecular flexibility index (Phi) is 7.42. The molecular weight excluding hydrogens is 358 g/mol. The minimum Gasteiger partial charge on any atom is -0.501 e. The first-order valence-electron chi connectivity index (χ1n) is 8.60. The van der Waals surface area contributed by atoms with Gasteiger partial charge in [-0.1, -0.05) is 18.6 Å². The molecule has 1 aliphatic heterocycles. The number of rotatable bonds is 3. The summed E-state index contributed by atoms with van der Waals surface area (Å²) in [6, 6.07) is 5.74. The van der Waals surface area contributed by atoms with Crippen molar-refractivity contribution in [1.82, 2.24) is 20.4 Å². The molecule has 1 saturated heterocycles. The molecule has 0 bridgehead atoms. The molecule has 3 N–H and O–H groups in total. The Balaban J connectivity index is 0.000000273. The number of nitrogens with one attached hydrogen (secondary N) is 2. The second kappa shape index (κ2) is 9.77. The summed E-state index contributed by atoms with van der Waals surface area (Å²) in [5, 5.41) is 12.8. The molecule has 2 aromatic rings. The average Bonchev–Trinajstić information content (AvgIpc) is 2.66. The van der Waals surface area contributed by atoms with Crippen LogP contribution in [0.4, 0.5) is 8.87 Å². The summed E-state index contributed by atoms with van der Waals surface area (Å²) in [6.45, 7) is 2.70. The van der Waals surface area contributed by atoms with E-state index in [1.807, 2.05) is 6.92 Å². The maximum absolute atomic E-state index is 12.7. The third-order valence-electron chi connectivity index (χ3n) is 4.13. The topological polar surface area (TPSA) is 98.3 Å². The number of amides is 1. The van der Waals surface area contributed by atoms with Gasteiger partial charge in [-0.05, 0) is 37.5 Å². The Labute approximate surface area is 155 Å². The van der Waals surface area contributed by atoms with Gasteiger partial charge in [0.25, 0.3) is 11.5 Å². The number of piperidine rings is 1. The van der Waals surface area contributed by atoms with Crippen LogP contribution in [0.2, 0.25) is 0 Å². The van der Waals surface area contributed by atoms with Gasteiger partial charge in [0.05, 0.1) is 6.33 Å². The Bertz CT molecular complexity index is 801. The van der Waals surface area contributed by atoms with E-state index in [0.717, 1.165) is 24.3 Å². The van der Waals surface area contributed by atoms with Gasteiger partial charge in [0, 0.05) is 19.1 Å². The molecular formula is C18H22F2N4O3. The van der Waals surface area contributed by atoms with Crippen LogP contribution in [0, 0.1) is 5.82 Å². The van der Waals surface area contributed by atoms with Crippen molar-refractivity contribution in [1.29, 1.82) is 0 Å². The van der Waals surface area contributed by atoms with Crippen LogP contribution in [-0.4, -0.2) is 38.7 Å². The summed E-state index contributed by atoms with van der Waals surface area (Å²) >= 11 is 0. The van der Waals surface area contributed by atoms with Gasteiger partial charge in [0.1, 0.15) is 5.82 Å². The average molecular weight is 380 g/mol. The lowest BCUT2D eigenvalue weighted by Gasteiger charge is -2.24. The molecule has 3 rings (SSSR count). The number of hydrogen-bond acceptors (Lipinski definition) is 5. The second-order valence-corrected chi connectivity index (χ2v) is 6.21. The molecule has 0 saturated carbocycles. The van der Waals surface area contributed by atoms with Crippen molar-refractivity contribution < 1.29 is 18.8 Å². The SMILES string of the molecule is CC1CCCCN1F.O=C(NCc1ccc(F)cc1)c1nc[nH]c(=O)c1O. The van der Waals surface area contributed by atoms with Crippen molar-refractivity contribution in [3.8, 4) is 5.75 Å². The molecule has 2 heterocycles. The summed E-state index contributed by atoms with van der Waals surface area (Å²) in [7, 11) is 0. The molecule has 9 heteroatoms. The van der Waals surface area contributed by atoms with Crippen LogP contribution in [0.15, 0.2) is 35.4 Å². The van der Waals surface area contributed by atoms with Crippen LogP contribution in [0.3, 0.4) is 0 Å². The van der Waals surface area contributed by atoms with Crippen molar-refractivity contribution in [3.05, 3.63) is 58.0 Å². The van der Waals surface area contributed by atoms with Crippen LogP contribution < -0.4 is 10.9 Å². The number of aromatic nitrogens is 2. The smallest absolute Gasteiger partial charge is 0.293 e. The van der Waals surface area contributed by atoms with E-state index in [9.17, 15) is 23.6 Å². The van der Waals surface area contributed by atoms with Crippen molar-refractivity contribution in [2.75, 3.05) is 6.54 Å². The van der Waals surface area contributed by atoms with Crippen LogP contribution in [0.25, 0.3) is 0 Å². The standard InChI is InChI=1S/C12H10FN3O3.C6H12FN/c13-8-3-1-7(2-4-8)5-14-11(18)9-10(17)12(19)16-6-15-9;1-6-4-2-3-5-8(6)7/h1-4,6,17H,5H2,(H,14,18)(H,15,16,19);6H,2-5H2,1H3. The highest BCUT2D eigenvalue weighted by Crippen LogP contribution is 2.15. The highest BCUT2D eigenvalue weighted by Gasteiger charge is 2.16. The van der Waals surface area contributed by atoms with Crippen molar-refractivity contribution >= 4 is 5.91 Å². The zero-order valence-electron chi connectivity index (χ0n) is 14.9. The molecule has 1 fully saturated rings. The predicted octanol–water partition coefficient (Wildman–Crippen LogP) is 2.29. The maximum Gasteiger partial charge on any atom is 0.293 e. The van der Waals surface area contributed by atoms with Gasteiger partial charge in [-0.25, -0.2) is 9.37 Å². The number of aromatic amines is 1. The zero-order chi connectivity index (χ0) is 19.8. The van der Waals surface area contributed by atoms with Crippen LogP contribution >= 0.6 is 0 Å². The summed E-state index contributed by atoms with van der Waals surface area (Å²) in [6.07, 6.45) is 4.27. The van der Waals surface area contributed by atoms with Crippen molar-refractivity contribution in [2.24, 2.45) is 0 Å². The van der Waals surface area contributed by atoms with Gasteiger partial charge in [0.15, 0.2) is 5.69 Å². The van der Waals surface area contributed by atoms with E-state index < -0.39 is 17.2 Å². The van der Waals surface area contributed by atoms with E-state index in [1.54, 1.807) is 0 Å². The minimum atomic E-state index is -0.790. The Morgan fingerprint density at radius 3 is 2.67 bits per heavy atom. The second-order valence-electron chi connectivity index (χ2n) is 6.21. The third-order valence-corrected chi connectivity index (χ3v) is 4.13. The van der Waals surface area contributed by atoms with Gasteiger partial charge >= 0.3 is 0 Å². The van der Waals surface area contributed by atoms with Gasteiger partial charge < -0.3 is 15.4 Å².